The van der Waals surface area contributed by atoms with Crippen LogP contribution in [0.1, 0.15) is 5.56 Å². The van der Waals surface area contributed by atoms with Crippen molar-refractivity contribution in [3.63, 3.8) is 0 Å². The van der Waals surface area contributed by atoms with E-state index in [9.17, 15) is 13.5 Å². The maximum Gasteiger partial charge on any atom is 0.294 e. The average molecular weight is 253 g/mol. The molecule has 0 aliphatic carbocycles. The molecule has 0 unspecified atom stereocenters. The first-order chi connectivity index (χ1) is 7.79. The predicted molar refractivity (Wildman–Crippen MR) is 64.6 cm³/mol. The number of aryl methyl sites for hydroxylation is 1. The van der Waals surface area contributed by atoms with E-state index in [1.54, 1.807) is 13.0 Å². The zero-order valence-corrected chi connectivity index (χ0v) is 9.82. The average Bonchev–Trinajstić information content (AvgIpc) is 2.13. The number of hydrogen-bond donors (Lipinski definition) is 3. The minimum absolute atomic E-state index is 0.0145. The van der Waals surface area contributed by atoms with Gasteiger partial charge in [-0.3, -0.25) is 4.55 Å². The van der Waals surface area contributed by atoms with Crippen LogP contribution in [0.25, 0.3) is 10.8 Å². The minimum Gasteiger partial charge on any atom is -0.507 e. The van der Waals surface area contributed by atoms with Gasteiger partial charge < -0.3 is 10.8 Å². The highest BCUT2D eigenvalue weighted by molar-refractivity contribution is 7.85. The molecule has 2 aromatic rings. The number of hydrogen-bond acceptors (Lipinski definition) is 4. The number of anilines is 1. The molecule has 0 aromatic heterocycles. The first kappa shape index (κ1) is 11.7. The van der Waals surface area contributed by atoms with Gasteiger partial charge in [0, 0.05) is 11.1 Å². The number of nitrogen functional groups attached to an aromatic ring is 1. The quantitative estimate of drug-likeness (QED) is 0.530. The van der Waals surface area contributed by atoms with Gasteiger partial charge in [0.2, 0.25) is 0 Å². The molecular formula is C11H11NO4S. The van der Waals surface area contributed by atoms with E-state index in [1.807, 2.05) is 0 Å². The van der Waals surface area contributed by atoms with Crippen LogP contribution in [0.15, 0.2) is 29.2 Å². The first-order valence-electron chi connectivity index (χ1n) is 4.79. The Morgan fingerprint density at radius 3 is 2.41 bits per heavy atom. The van der Waals surface area contributed by atoms with Crippen molar-refractivity contribution in [1.82, 2.24) is 0 Å². The van der Waals surface area contributed by atoms with Gasteiger partial charge >= 0.3 is 0 Å². The van der Waals surface area contributed by atoms with Crippen LogP contribution >= 0.6 is 0 Å². The zero-order chi connectivity index (χ0) is 12.8. The summed E-state index contributed by atoms with van der Waals surface area (Å²) < 4.78 is 31.0. The van der Waals surface area contributed by atoms with Crippen molar-refractivity contribution >= 4 is 26.6 Å². The van der Waals surface area contributed by atoms with Crippen molar-refractivity contribution in [2.75, 3.05) is 5.73 Å². The van der Waals surface area contributed by atoms with Crippen LogP contribution in [-0.2, 0) is 10.1 Å². The summed E-state index contributed by atoms with van der Waals surface area (Å²) in [6, 6.07) is 5.60. The van der Waals surface area contributed by atoms with Gasteiger partial charge in [0.1, 0.15) is 5.75 Å². The number of phenolic OH excluding ortho intramolecular Hbond substituents is 1. The number of fused-ring (bicyclic) bond motifs is 1. The third-order valence-electron chi connectivity index (χ3n) is 2.47. The molecule has 2 rings (SSSR count). The Bertz CT molecular complexity index is 707. The number of rotatable bonds is 1. The predicted octanol–water partition coefficient (Wildman–Crippen LogP) is 1.68. The van der Waals surface area contributed by atoms with E-state index < -0.39 is 10.1 Å². The van der Waals surface area contributed by atoms with E-state index in [1.165, 1.54) is 12.1 Å². The molecule has 0 aliphatic rings. The molecule has 4 N–H and O–H groups in total. The number of benzene rings is 2. The molecule has 0 heterocycles. The highest BCUT2D eigenvalue weighted by Gasteiger charge is 2.14. The van der Waals surface area contributed by atoms with Gasteiger partial charge in [0.05, 0.1) is 4.90 Å². The van der Waals surface area contributed by atoms with Gasteiger partial charge in [0.25, 0.3) is 10.1 Å². The monoisotopic (exact) mass is 253 g/mol. The maximum atomic E-state index is 11.0. The fourth-order valence-electron chi connectivity index (χ4n) is 1.79. The molecule has 5 nitrogen and oxygen atoms in total. The van der Waals surface area contributed by atoms with E-state index >= 15 is 0 Å². The van der Waals surface area contributed by atoms with Crippen LogP contribution in [-0.4, -0.2) is 18.1 Å². The van der Waals surface area contributed by atoms with Gasteiger partial charge in [0.15, 0.2) is 0 Å². The molecule has 0 spiro atoms. The summed E-state index contributed by atoms with van der Waals surface area (Å²) in [7, 11) is -4.30. The minimum atomic E-state index is -4.30. The Morgan fingerprint density at radius 2 is 1.82 bits per heavy atom. The first-order valence-corrected chi connectivity index (χ1v) is 6.23. The van der Waals surface area contributed by atoms with Crippen molar-refractivity contribution in [2.24, 2.45) is 0 Å². The number of nitrogens with two attached hydrogens (primary N) is 1. The Hall–Kier alpha value is -1.79. The molecule has 6 heteroatoms. The summed E-state index contributed by atoms with van der Waals surface area (Å²) in [4.78, 5) is -0.285. The molecule has 0 amide bonds. The molecule has 2 aromatic carbocycles. The summed E-state index contributed by atoms with van der Waals surface area (Å²) in [6.07, 6.45) is 0. The maximum absolute atomic E-state index is 11.0. The fourth-order valence-corrected chi connectivity index (χ4v) is 2.34. The molecular weight excluding hydrogens is 242 g/mol. The lowest BCUT2D eigenvalue weighted by atomic mass is 10.1. The summed E-state index contributed by atoms with van der Waals surface area (Å²) in [6.45, 7) is 1.76. The van der Waals surface area contributed by atoms with Crippen LogP contribution in [0.4, 0.5) is 5.69 Å². The summed E-state index contributed by atoms with van der Waals surface area (Å²) in [5, 5.41) is 10.6. The van der Waals surface area contributed by atoms with E-state index in [0.717, 1.165) is 11.6 Å². The second kappa shape index (κ2) is 3.61. The normalized spacial score (nSPS) is 11.9. The van der Waals surface area contributed by atoms with E-state index in [2.05, 4.69) is 0 Å². The van der Waals surface area contributed by atoms with Gasteiger partial charge in [-0.05, 0) is 36.1 Å². The molecule has 0 saturated carbocycles. The van der Waals surface area contributed by atoms with Crippen molar-refractivity contribution in [3.8, 4) is 5.75 Å². The van der Waals surface area contributed by atoms with Crippen molar-refractivity contribution < 1.29 is 18.1 Å². The Kier molecular flexibility index (Phi) is 2.48. The van der Waals surface area contributed by atoms with Gasteiger partial charge in [-0.25, -0.2) is 0 Å². The lowest BCUT2D eigenvalue weighted by Crippen LogP contribution is -2.00. The number of phenols is 1. The molecule has 90 valence electrons. The molecule has 0 fully saturated rings. The van der Waals surface area contributed by atoms with Crippen LogP contribution in [0.5, 0.6) is 5.75 Å². The molecule has 0 bridgehead atoms. The lowest BCUT2D eigenvalue weighted by Gasteiger charge is -2.08. The second-order valence-electron chi connectivity index (χ2n) is 3.87. The fraction of sp³-hybridized carbons (Fsp3) is 0.0909. The van der Waals surface area contributed by atoms with Crippen LogP contribution in [0, 0.1) is 6.92 Å². The third kappa shape index (κ3) is 2.04. The van der Waals surface area contributed by atoms with Gasteiger partial charge in [-0.15, -0.1) is 0 Å². The summed E-state index contributed by atoms with van der Waals surface area (Å²) in [5.41, 5.74) is 6.54. The topological polar surface area (TPSA) is 101 Å². The summed E-state index contributed by atoms with van der Waals surface area (Å²) >= 11 is 0. The van der Waals surface area contributed by atoms with Crippen LogP contribution in [0.3, 0.4) is 0 Å². The van der Waals surface area contributed by atoms with Crippen molar-refractivity contribution in [3.05, 3.63) is 29.8 Å². The van der Waals surface area contributed by atoms with Gasteiger partial charge in [-0.2, -0.15) is 8.42 Å². The highest BCUT2D eigenvalue weighted by Crippen LogP contribution is 2.33. The van der Waals surface area contributed by atoms with E-state index in [-0.39, 0.29) is 16.3 Å². The SMILES string of the molecule is Cc1cc(O)c2c(N)cc(S(=O)(=O)O)cc2c1. The van der Waals surface area contributed by atoms with Crippen molar-refractivity contribution in [2.45, 2.75) is 11.8 Å². The smallest absolute Gasteiger partial charge is 0.294 e. The number of aromatic hydroxyl groups is 1. The van der Waals surface area contributed by atoms with Crippen molar-refractivity contribution in [1.29, 1.82) is 0 Å². The van der Waals surface area contributed by atoms with Crippen LogP contribution < -0.4 is 5.73 Å². The molecule has 0 aliphatic heterocycles. The molecule has 0 radical (unpaired) electrons. The highest BCUT2D eigenvalue weighted by atomic mass is 32.2. The summed E-state index contributed by atoms with van der Waals surface area (Å²) in [5.74, 6) is -0.0145. The van der Waals surface area contributed by atoms with Crippen LogP contribution in [0.2, 0.25) is 0 Å². The zero-order valence-electron chi connectivity index (χ0n) is 9.01. The van der Waals surface area contributed by atoms with Gasteiger partial charge in [-0.1, -0.05) is 6.07 Å². The molecule has 17 heavy (non-hydrogen) atoms. The molecule has 0 atom stereocenters. The van der Waals surface area contributed by atoms with E-state index in [4.69, 9.17) is 10.3 Å². The lowest BCUT2D eigenvalue weighted by molar-refractivity contribution is 0.480. The molecule has 0 saturated heterocycles. The Morgan fingerprint density at radius 1 is 1.18 bits per heavy atom. The Balaban J connectivity index is 2.92. The standard InChI is InChI=1S/C11H11NO4S/c1-6-2-7-4-8(17(14,15)16)5-9(12)11(7)10(13)3-6/h2-5,13H,12H2,1H3,(H,14,15,16). The Labute approximate surface area is 98.2 Å². The third-order valence-corrected chi connectivity index (χ3v) is 3.31. The largest absolute Gasteiger partial charge is 0.507 e. The second-order valence-corrected chi connectivity index (χ2v) is 5.29. The van der Waals surface area contributed by atoms with E-state index in [0.29, 0.717) is 10.8 Å².